The van der Waals surface area contributed by atoms with Crippen LogP contribution in [0.3, 0.4) is 0 Å². The molecule has 4 aliphatic carbocycles. The highest BCUT2D eigenvalue weighted by atomic mass is 32.1. The Morgan fingerprint density at radius 2 is 0.764 bits per heavy atom. The molecule has 13 rings (SSSR count). The van der Waals surface area contributed by atoms with Gasteiger partial charge in [-0.3, -0.25) is 28.8 Å². The van der Waals surface area contributed by atoms with Crippen molar-refractivity contribution in [3.8, 4) is 24.3 Å². The van der Waals surface area contributed by atoms with Crippen molar-refractivity contribution in [3.05, 3.63) is 259 Å². The number of thiophene rings is 3. The number of ether oxygens (including phenoxy) is 4. The van der Waals surface area contributed by atoms with Gasteiger partial charge in [0.1, 0.15) is 83.3 Å². The normalized spacial score (nSPS) is 15.2. The van der Waals surface area contributed by atoms with Crippen LogP contribution in [0.1, 0.15) is 75.0 Å². The van der Waals surface area contributed by atoms with Gasteiger partial charge in [-0.1, -0.05) is 170 Å². The number of hydrogen-bond donors (Lipinski definition) is 0. The first-order chi connectivity index (χ1) is 43.4. The molecule has 0 saturated heterocycles. The number of carbonyl (C=O) groups is 6. The van der Waals surface area contributed by atoms with Crippen molar-refractivity contribution in [2.24, 2.45) is 9.98 Å². The number of fused-ring (bicyclic) bond motifs is 8. The number of nitriles is 4. The number of benzene rings is 6. The van der Waals surface area contributed by atoms with Crippen LogP contribution in [0.15, 0.2) is 203 Å². The first kappa shape index (κ1) is 56.5. The number of ketones is 2. The van der Waals surface area contributed by atoms with E-state index in [-0.39, 0.29) is 105 Å². The number of carbonyl (C=O) groups excluding carboxylic acids is 6. The summed E-state index contributed by atoms with van der Waals surface area (Å²) in [6.45, 7) is -1.54. The first-order valence-corrected chi connectivity index (χ1v) is 29.8. The average Bonchev–Trinajstić information content (AvgIpc) is 1.48. The fourth-order valence-electron chi connectivity index (χ4n) is 11.6. The lowest BCUT2D eigenvalue weighted by molar-refractivity contribution is -0.165. The minimum atomic E-state index is -2.77. The number of esters is 4. The SMILES string of the molecule is N#CC(C#N)=C1/C(=N/c2cc3c(s2)C2=C(c4sc5cc(/N=C6/C(=O)c7ccccc7C6=C(C#N)C#N)sc5c4C2(C(=O)OCc2ccccc2)C(=O)OCc2ccccc2)C3(C(=O)OCc2ccccc2)C(=O)OCc2ccccc2)C(=O)c2ccccc21. The van der Waals surface area contributed by atoms with Crippen molar-refractivity contribution in [3.63, 3.8) is 0 Å². The van der Waals surface area contributed by atoms with Crippen molar-refractivity contribution >= 4 is 123 Å². The predicted octanol–water partition coefficient (Wildman–Crippen LogP) is 13.0. The zero-order valence-corrected chi connectivity index (χ0v) is 48.6. The van der Waals surface area contributed by atoms with Gasteiger partial charge in [-0.05, 0) is 45.5 Å². The van der Waals surface area contributed by atoms with E-state index in [9.17, 15) is 30.6 Å². The summed E-state index contributed by atoms with van der Waals surface area (Å²) < 4.78 is 26.0. The molecule has 0 aliphatic heterocycles. The van der Waals surface area contributed by atoms with Gasteiger partial charge in [0.2, 0.25) is 22.4 Å². The monoisotopic (exact) mass is 1220 g/mol. The van der Waals surface area contributed by atoms with E-state index >= 15 is 19.2 Å². The maximum absolute atomic E-state index is 16.4. The predicted molar refractivity (Wildman–Crippen MR) is 331 cm³/mol. The van der Waals surface area contributed by atoms with Crippen molar-refractivity contribution in [2.45, 2.75) is 37.3 Å². The molecular formula is C70H38N6O10S3. The Labute approximate surface area is 518 Å². The molecule has 426 valence electrons. The molecule has 0 amide bonds. The summed E-state index contributed by atoms with van der Waals surface area (Å²) >= 11 is 2.75. The third kappa shape index (κ3) is 9.21. The highest BCUT2D eigenvalue weighted by Crippen LogP contribution is 2.70. The van der Waals surface area contributed by atoms with Gasteiger partial charge in [0.25, 0.3) is 0 Å². The summed E-state index contributed by atoms with van der Waals surface area (Å²) in [5.41, 5.74) is -4.40. The van der Waals surface area contributed by atoms with Crippen LogP contribution in [0.5, 0.6) is 0 Å². The van der Waals surface area contributed by atoms with Crippen LogP contribution in [0.4, 0.5) is 10.0 Å². The lowest BCUT2D eigenvalue weighted by Crippen LogP contribution is -2.45. The molecule has 0 spiro atoms. The van der Waals surface area contributed by atoms with Gasteiger partial charge >= 0.3 is 23.9 Å². The van der Waals surface area contributed by atoms with Gasteiger partial charge < -0.3 is 18.9 Å². The smallest absolute Gasteiger partial charge is 0.333 e. The zero-order valence-electron chi connectivity index (χ0n) is 46.1. The van der Waals surface area contributed by atoms with Gasteiger partial charge in [-0.15, -0.1) is 34.0 Å². The van der Waals surface area contributed by atoms with Crippen LogP contribution in [0.25, 0.3) is 31.7 Å². The first-order valence-electron chi connectivity index (χ1n) is 27.3. The molecule has 89 heavy (non-hydrogen) atoms. The minimum absolute atomic E-state index is 0.0150. The van der Waals surface area contributed by atoms with Gasteiger partial charge in [0, 0.05) is 59.0 Å². The third-order valence-corrected chi connectivity index (χ3v) is 18.9. The van der Waals surface area contributed by atoms with Gasteiger partial charge in [0.15, 0.2) is 0 Å². The van der Waals surface area contributed by atoms with E-state index in [1.165, 1.54) is 12.1 Å². The second-order valence-electron chi connectivity index (χ2n) is 20.5. The quantitative estimate of drug-likeness (QED) is 0.0424. The molecule has 3 heterocycles. The van der Waals surface area contributed by atoms with Crippen LogP contribution in [0, 0.1) is 45.3 Å². The molecule has 0 bridgehead atoms. The molecule has 0 radical (unpaired) electrons. The van der Waals surface area contributed by atoms with Gasteiger partial charge in [-0.25, -0.2) is 9.98 Å². The molecule has 0 saturated carbocycles. The molecule has 19 heteroatoms. The number of allylic oxidation sites excluding steroid dienone is 4. The van der Waals surface area contributed by atoms with Crippen LogP contribution < -0.4 is 0 Å². The molecule has 16 nitrogen and oxygen atoms in total. The van der Waals surface area contributed by atoms with E-state index in [1.807, 2.05) is 24.3 Å². The zero-order chi connectivity index (χ0) is 61.6. The van der Waals surface area contributed by atoms with Crippen molar-refractivity contribution in [1.82, 2.24) is 0 Å². The molecule has 0 fully saturated rings. The Hall–Kier alpha value is -11.6. The van der Waals surface area contributed by atoms with E-state index in [4.69, 9.17) is 28.9 Å². The molecular weight excluding hydrogens is 1180 g/mol. The van der Waals surface area contributed by atoms with Crippen LogP contribution in [-0.2, 0) is 75.4 Å². The fourth-order valence-corrected chi connectivity index (χ4v) is 15.6. The maximum Gasteiger partial charge on any atom is 0.333 e. The highest BCUT2D eigenvalue weighted by molar-refractivity contribution is 7.31. The summed E-state index contributed by atoms with van der Waals surface area (Å²) in [5.74, 6) is -5.96. The Kier molecular flexibility index (Phi) is 14.6. The molecule has 0 atom stereocenters. The molecule has 9 aromatic rings. The van der Waals surface area contributed by atoms with E-state index in [0.29, 0.717) is 32.5 Å². The van der Waals surface area contributed by atoms with Crippen LogP contribution in [0.2, 0.25) is 0 Å². The number of rotatable bonds is 14. The summed E-state index contributed by atoms with van der Waals surface area (Å²) in [6.07, 6.45) is 0. The summed E-state index contributed by atoms with van der Waals surface area (Å²) in [7, 11) is 0. The number of nitrogens with zero attached hydrogens (tertiary/aromatic N) is 6. The van der Waals surface area contributed by atoms with E-state index in [1.54, 1.807) is 170 Å². The Bertz CT molecular complexity index is 4770. The molecule has 0 unspecified atom stereocenters. The molecule has 0 N–H and O–H groups in total. The van der Waals surface area contributed by atoms with Crippen molar-refractivity contribution in [1.29, 1.82) is 21.0 Å². The topological polar surface area (TPSA) is 259 Å². The maximum atomic E-state index is 16.4. The summed E-state index contributed by atoms with van der Waals surface area (Å²) in [4.78, 5) is 104. The number of hydrogen-bond acceptors (Lipinski definition) is 19. The van der Waals surface area contributed by atoms with Gasteiger partial charge in [-0.2, -0.15) is 21.0 Å². The Morgan fingerprint density at radius 1 is 0.416 bits per heavy atom. The third-order valence-electron chi connectivity index (χ3n) is 15.6. The average molecular weight is 1220 g/mol. The second kappa shape index (κ2) is 23.0. The lowest BCUT2D eigenvalue weighted by Gasteiger charge is -2.29. The van der Waals surface area contributed by atoms with Crippen molar-refractivity contribution in [2.75, 3.05) is 0 Å². The van der Waals surface area contributed by atoms with Crippen LogP contribution >= 0.6 is 34.0 Å². The largest absolute Gasteiger partial charge is 0.459 e. The molecule has 4 aliphatic rings. The molecule has 3 aromatic heterocycles. The summed E-state index contributed by atoms with van der Waals surface area (Å²) in [6, 6.07) is 58.1. The van der Waals surface area contributed by atoms with Gasteiger partial charge in [0.05, 0.1) is 4.70 Å². The van der Waals surface area contributed by atoms with Crippen molar-refractivity contribution < 1.29 is 47.7 Å². The van der Waals surface area contributed by atoms with E-state index in [0.717, 1.165) is 34.0 Å². The fraction of sp³-hybridized carbons (Fsp3) is 0.0857. The number of Topliss-reactive ketones (excluding diaryl/α,β-unsaturated/α-hetero) is 2. The Morgan fingerprint density at radius 3 is 1.16 bits per heavy atom. The Balaban J connectivity index is 1.11. The van der Waals surface area contributed by atoms with E-state index in [2.05, 4.69) is 0 Å². The number of aliphatic imine (C=N–C) groups is 2. The summed E-state index contributed by atoms with van der Waals surface area (Å²) in [5, 5.41) is 41.1. The van der Waals surface area contributed by atoms with Crippen LogP contribution in [-0.4, -0.2) is 46.9 Å². The second-order valence-corrected chi connectivity index (χ2v) is 23.6. The lowest BCUT2D eigenvalue weighted by atomic mass is 9.76. The minimum Gasteiger partial charge on any atom is -0.459 e. The standard InChI is InChI=1S/C70H38N6O10S3/c71-31-43(32-72)53-45-25-13-15-27-47(45)60(77)58(53)75-51-29-49-62(88-51)55-56(69(49,65(79)83-35-39-17-5-1-6-18-39)66(80)84-36-40-19-7-2-8-20-40)64-57(70(55,67(81)85-37-41-21-9-3-10-22-41)68(82)86-38-42-23-11-4-12-24-42)63-50(87-64)30-52(89-63)76-59-54(44(33-73)34-74)46-26-14-16-28-48(46)61(59)78/h1-30H,35-38H2/b75-58-,76-59+. The molecule has 6 aromatic carbocycles. The van der Waals surface area contributed by atoms with E-state index < -0.39 is 65.1 Å². The highest BCUT2D eigenvalue weighted by Gasteiger charge is 2.72.